The molecule has 0 bridgehead atoms. The normalized spacial score (nSPS) is 13.1. The molecule has 0 fully saturated rings. The summed E-state index contributed by atoms with van der Waals surface area (Å²) in [4.78, 5) is 30.9. The van der Waals surface area contributed by atoms with Crippen LogP contribution < -0.4 is 10.6 Å². The molecule has 0 aliphatic carbocycles. The van der Waals surface area contributed by atoms with Crippen LogP contribution in [0.25, 0.3) is 10.9 Å². The molecule has 1 aliphatic rings. The highest BCUT2D eigenvalue weighted by atomic mass is 19.4. The van der Waals surface area contributed by atoms with Crippen LogP contribution in [0, 0.1) is 6.92 Å². The fourth-order valence-corrected chi connectivity index (χ4v) is 4.06. The molecule has 4 aromatic rings. The number of aromatic nitrogens is 4. The molecule has 1 amide bonds. The lowest BCUT2D eigenvalue weighted by atomic mass is 10.0. The van der Waals surface area contributed by atoms with Gasteiger partial charge < -0.3 is 15.4 Å². The summed E-state index contributed by atoms with van der Waals surface area (Å²) in [6.07, 6.45) is -0.842. The first-order valence-electron chi connectivity index (χ1n) is 10.6. The number of amides is 1. The first kappa shape index (κ1) is 22.7. The maximum atomic E-state index is 13.4. The number of ether oxygens (including phenoxy) is 1. The molecule has 0 unspecified atom stereocenters. The second kappa shape index (κ2) is 8.58. The van der Waals surface area contributed by atoms with E-state index in [1.54, 1.807) is 6.92 Å². The molecule has 2 N–H and O–H groups in total. The highest BCUT2D eigenvalue weighted by molar-refractivity contribution is 6.06. The van der Waals surface area contributed by atoms with Gasteiger partial charge in [-0.25, -0.2) is 15.0 Å². The van der Waals surface area contributed by atoms with Crippen molar-refractivity contribution in [2.24, 2.45) is 0 Å². The third kappa shape index (κ3) is 4.26. The lowest BCUT2D eigenvalue weighted by Gasteiger charge is -2.24. The summed E-state index contributed by atoms with van der Waals surface area (Å²) in [6, 6.07) is 7.49. The number of anilines is 2. The van der Waals surface area contributed by atoms with Gasteiger partial charge in [-0.05, 0) is 36.2 Å². The zero-order valence-corrected chi connectivity index (χ0v) is 18.5. The van der Waals surface area contributed by atoms with E-state index in [9.17, 15) is 18.0 Å². The molecule has 0 saturated heterocycles. The molecule has 5 rings (SSSR count). The number of pyridine rings is 2. The SMILES string of the molecule is Cc1ncncc1N(Cc1ccc2c3c(c(N)nc2c1)COC3)C(=O)c1ccc(C(F)(F)F)nc1. The predicted molar refractivity (Wildman–Crippen MR) is 121 cm³/mol. The van der Waals surface area contributed by atoms with Gasteiger partial charge in [-0.3, -0.25) is 9.78 Å². The van der Waals surface area contributed by atoms with E-state index in [2.05, 4.69) is 19.9 Å². The molecular formula is C24H19F3N6O2. The van der Waals surface area contributed by atoms with Crippen LogP contribution in [0.5, 0.6) is 0 Å². The summed E-state index contributed by atoms with van der Waals surface area (Å²) >= 11 is 0. The Bertz CT molecular complexity index is 1440. The summed E-state index contributed by atoms with van der Waals surface area (Å²) in [7, 11) is 0. The zero-order valence-electron chi connectivity index (χ0n) is 18.5. The number of carbonyl (C=O) groups excluding carboxylic acids is 1. The van der Waals surface area contributed by atoms with Crippen LogP contribution in [0.3, 0.4) is 0 Å². The number of alkyl halides is 3. The molecule has 0 saturated carbocycles. The third-order valence-corrected chi connectivity index (χ3v) is 5.86. The number of hydrogen-bond donors (Lipinski definition) is 1. The quantitative estimate of drug-likeness (QED) is 0.466. The van der Waals surface area contributed by atoms with E-state index in [0.29, 0.717) is 35.9 Å². The van der Waals surface area contributed by atoms with Gasteiger partial charge in [-0.2, -0.15) is 13.2 Å². The second-order valence-electron chi connectivity index (χ2n) is 8.11. The molecule has 1 aliphatic heterocycles. The van der Waals surface area contributed by atoms with E-state index in [1.807, 2.05) is 18.2 Å². The predicted octanol–water partition coefficient (Wildman–Crippen LogP) is 4.21. The largest absolute Gasteiger partial charge is 0.433 e. The van der Waals surface area contributed by atoms with Gasteiger partial charge in [0.15, 0.2) is 0 Å². The number of aryl methyl sites for hydroxylation is 1. The molecule has 0 radical (unpaired) electrons. The van der Waals surface area contributed by atoms with Crippen LogP contribution in [-0.2, 0) is 30.7 Å². The molecule has 1 aromatic carbocycles. The molecule has 178 valence electrons. The van der Waals surface area contributed by atoms with Gasteiger partial charge in [-0.1, -0.05) is 12.1 Å². The molecule has 11 heteroatoms. The molecule has 8 nitrogen and oxygen atoms in total. The van der Waals surface area contributed by atoms with E-state index >= 15 is 0 Å². The highest BCUT2D eigenvalue weighted by Gasteiger charge is 2.32. The van der Waals surface area contributed by atoms with Crippen molar-refractivity contribution in [3.8, 4) is 0 Å². The van der Waals surface area contributed by atoms with E-state index < -0.39 is 17.8 Å². The molecule has 0 spiro atoms. The summed E-state index contributed by atoms with van der Waals surface area (Å²) < 4.78 is 44.3. The first-order valence-corrected chi connectivity index (χ1v) is 10.6. The lowest BCUT2D eigenvalue weighted by molar-refractivity contribution is -0.141. The minimum absolute atomic E-state index is 0.000574. The number of nitrogens with two attached hydrogens (primary N) is 1. The van der Waals surface area contributed by atoms with Crippen LogP contribution in [-0.4, -0.2) is 25.8 Å². The summed E-state index contributed by atoms with van der Waals surface area (Å²) in [5.41, 5.74) is 9.27. The molecule has 35 heavy (non-hydrogen) atoms. The van der Waals surface area contributed by atoms with Crippen LogP contribution >= 0.6 is 0 Å². The van der Waals surface area contributed by atoms with Crippen molar-refractivity contribution < 1.29 is 22.7 Å². The number of benzene rings is 1. The summed E-state index contributed by atoms with van der Waals surface area (Å²) in [6.45, 7) is 2.68. The smallest absolute Gasteiger partial charge is 0.383 e. The molecular weight excluding hydrogens is 461 g/mol. The van der Waals surface area contributed by atoms with Crippen molar-refractivity contribution >= 4 is 28.3 Å². The number of nitrogens with zero attached hydrogens (tertiary/aromatic N) is 5. The fourth-order valence-electron chi connectivity index (χ4n) is 4.06. The summed E-state index contributed by atoms with van der Waals surface area (Å²) in [5, 5.41) is 0.916. The van der Waals surface area contributed by atoms with Crippen molar-refractivity contribution in [2.45, 2.75) is 32.9 Å². The number of fused-ring (bicyclic) bond motifs is 3. The monoisotopic (exact) mass is 480 g/mol. The number of hydrogen-bond acceptors (Lipinski definition) is 7. The van der Waals surface area contributed by atoms with Gasteiger partial charge in [0.1, 0.15) is 17.8 Å². The first-order chi connectivity index (χ1) is 16.7. The minimum atomic E-state index is -4.60. The number of nitrogen functional groups attached to an aromatic ring is 1. The maximum Gasteiger partial charge on any atom is 0.433 e. The zero-order chi connectivity index (χ0) is 24.7. The van der Waals surface area contributed by atoms with Crippen LogP contribution in [0.1, 0.15) is 38.4 Å². The average Bonchev–Trinajstić information content (AvgIpc) is 3.33. The van der Waals surface area contributed by atoms with E-state index in [4.69, 9.17) is 10.5 Å². The maximum absolute atomic E-state index is 13.4. The van der Waals surface area contributed by atoms with Crippen molar-refractivity contribution in [3.63, 3.8) is 0 Å². The van der Waals surface area contributed by atoms with Gasteiger partial charge in [0, 0.05) is 17.1 Å². The lowest BCUT2D eigenvalue weighted by Crippen LogP contribution is -2.31. The van der Waals surface area contributed by atoms with Crippen LogP contribution in [0.4, 0.5) is 24.7 Å². The van der Waals surface area contributed by atoms with Gasteiger partial charge in [0.2, 0.25) is 0 Å². The Morgan fingerprint density at radius 2 is 1.91 bits per heavy atom. The third-order valence-electron chi connectivity index (χ3n) is 5.86. The Labute approximate surface area is 197 Å². The van der Waals surface area contributed by atoms with Crippen LogP contribution in [0.2, 0.25) is 0 Å². The minimum Gasteiger partial charge on any atom is -0.383 e. The Morgan fingerprint density at radius 1 is 1.11 bits per heavy atom. The van der Waals surface area contributed by atoms with Gasteiger partial charge in [0.05, 0.1) is 48.4 Å². The Balaban J connectivity index is 1.53. The number of rotatable bonds is 4. The van der Waals surface area contributed by atoms with Gasteiger partial charge >= 0.3 is 6.18 Å². The van der Waals surface area contributed by atoms with Crippen molar-refractivity contribution in [2.75, 3.05) is 10.6 Å². The fraction of sp³-hybridized carbons (Fsp3) is 0.208. The van der Waals surface area contributed by atoms with E-state index in [1.165, 1.54) is 17.4 Å². The topological polar surface area (TPSA) is 107 Å². The molecule has 3 aromatic heterocycles. The Hall–Kier alpha value is -4.12. The van der Waals surface area contributed by atoms with E-state index in [-0.39, 0.29) is 12.1 Å². The molecule has 4 heterocycles. The Morgan fingerprint density at radius 3 is 2.63 bits per heavy atom. The van der Waals surface area contributed by atoms with Crippen molar-refractivity contribution in [1.29, 1.82) is 0 Å². The highest BCUT2D eigenvalue weighted by Crippen LogP contribution is 2.32. The van der Waals surface area contributed by atoms with Gasteiger partial charge in [0.25, 0.3) is 5.91 Å². The van der Waals surface area contributed by atoms with Crippen molar-refractivity contribution in [3.05, 3.63) is 82.7 Å². The second-order valence-corrected chi connectivity index (χ2v) is 8.11. The average molecular weight is 480 g/mol. The van der Waals surface area contributed by atoms with Crippen LogP contribution in [0.15, 0.2) is 49.1 Å². The van der Waals surface area contributed by atoms with Crippen molar-refractivity contribution in [1.82, 2.24) is 19.9 Å². The molecule has 0 atom stereocenters. The van der Waals surface area contributed by atoms with Gasteiger partial charge in [-0.15, -0.1) is 0 Å². The summed E-state index contributed by atoms with van der Waals surface area (Å²) in [5.74, 6) is -0.141. The number of halogens is 3. The van der Waals surface area contributed by atoms with E-state index in [0.717, 1.165) is 40.4 Å². The number of carbonyl (C=O) groups is 1. The standard InChI is InChI=1S/C24H19F3N6O2/c1-13-20(8-29-12-31-13)33(23(34)15-3-5-21(30-7-15)24(25,26)27)9-14-2-4-16-17-10-35-11-18(17)22(28)32-19(16)6-14/h2-8,12H,9-11H2,1H3,(H2,28,32). The Kier molecular flexibility index (Phi) is 5.56.